The molecule has 108 valence electrons. The van der Waals surface area contributed by atoms with Crippen LogP contribution in [0, 0.1) is 5.92 Å². The van der Waals surface area contributed by atoms with Crippen LogP contribution in [0.4, 0.5) is 0 Å². The molecule has 0 heterocycles. The number of thioether (sulfide) groups is 1. The van der Waals surface area contributed by atoms with Gasteiger partial charge >= 0.3 is 0 Å². The average molecular weight is 281 g/mol. The van der Waals surface area contributed by atoms with E-state index in [9.17, 15) is 0 Å². The van der Waals surface area contributed by atoms with E-state index in [0.717, 1.165) is 18.0 Å². The predicted molar refractivity (Wildman–Crippen MR) is 86.2 cm³/mol. The van der Waals surface area contributed by atoms with Crippen molar-refractivity contribution in [3.63, 3.8) is 0 Å². The van der Waals surface area contributed by atoms with Crippen LogP contribution in [0.1, 0.15) is 39.3 Å². The first-order chi connectivity index (χ1) is 9.10. The molecule has 1 aromatic carbocycles. The SMILES string of the molecule is CCNC(CSC(C)C(C)C)c1ccccc1OC. The van der Waals surface area contributed by atoms with Gasteiger partial charge in [0, 0.05) is 22.6 Å². The van der Waals surface area contributed by atoms with E-state index in [1.165, 1.54) is 5.56 Å². The smallest absolute Gasteiger partial charge is 0.123 e. The van der Waals surface area contributed by atoms with Gasteiger partial charge in [-0.15, -0.1) is 0 Å². The van der Waals surface area contributed by atoms with E-state index in [-0.39, 0.29) is 0 Å². The van der Waals surface area contributed by atoms with Gasteiger partial charge in [-0.2, -0.15) is 11.8 Å². The number of hydrogen-bond acceptors (Lipinski definition) is 3. The van der Waals surface area contributed by atoms with E-state index < -0.39 is 0 Å². The Hall–Kier alpha value is -0.670. The molecular formula is C16H27NOS. The third-order valence-corrected chi connectivity index (χ3v) is 5.03. The quantitative estimate of drug-likeness (QED) is 0.774. The largest absolute Gasteiger partial charge is 0.496 e. The van der Waals surface area contributed by atoms with Crippen molar-refractivity contribution in [3.05, 3.63) is 29.8 Å². The Morgan fingerprint density at radius 1 is 1.21 bits per heavy atom. The Balaban J connectivity index is 2.76. The zero-order valence-electron chi connectivity index (χ0n) is 12.8. The molecule has 0 saturated heterocycles. The molecule has 0 aliphatic rings. The Morgan fingerprint density at radius 2 is 1.89 bits per heavy atom. The van der Waals surface area contributed by atoms with E-state index in [2.05, 4.69) is 45.1 Å². The van der Waals surface area contributed by atoms with Gasteiger partial charge in [-0.05, 0) is 18.5 Å². The van der Waals surface area contributed by atoms with Gasteiger partial charge < -0.3 is 10.1 Å². The maximum atomic E-state index is 5.48. The first-order valence-corrected chi connectivity index (χ1v) is 8.12. The lowest BCUT2D eigenvalue weighted by molar-refractivity contribution is 0.403. The third-order valence-electron chi connectivity index (χ3n) is 3.43. The summed E-state index contributed by atoms with van der Waals surface area (Å²) < 4.78 is 5.48. The number of hydrogen-bond donors (Lipinski definition) is 1. The highest BCUT2D eigenvalue weighted by Crippen LogP contribution is 2.30. The summed E-state index contributed by atoms with van der Waals surface area (Å²) >= 11 is 2.03. The second-order valence-corrected chi connectivity index (χ2v) is 6.54. The Kier molecular flexibility index (Phi) is 7.32. The average Bonchev–Trinajstić information content (AvgIpc) is 2.42. The van der Waals surface area contributed by atoms with Crippen LogP contribution in [0.3, 0.4) is 0 Å². The number of rotatable bonds is 8. The standard InChI is InChI=1S/C16H27NOS/c1-6-17-15(11-19-13(4)12(2)3)14-9-7-8-10-16(14)18-5/h7-10,12-13,15,17H,6,11H2,1-5H3. The Labute approximate surface area is 122 Å². The van der Waals surface area contributed by atoms with Gasteiger partial charge in [-0.3, -0.25) is 0 Å². The molecular weight excluding hydrogens is 254 g/mol. The zero-order chi connectivity index (χ0) is 14.3. The molecule has 0 saturated carbocycles. The van der Waals surface area contributed by atoms with Gasteiger partial charge in [0.05, 0.1) is 7.11 Å². The molecule has 3 heteroatoms. The van der Waals surface area contributed by atoms with Crippen molar-refractivity contribution in [3.8, 4) is 5.75 Å². The topological polar surface area (TPSA) is 21.3 Å². The number of nitrogens with one attached hydrogen (secondary N) is 1. The van der Waals surface area contributed by atoms with Gasteiger partial charge in [-0.1, -0.05) is 45.9 Å². The number of benzene rings is 1. The lowest BCUT2D eigenvalue weighted by Gasteiger charge is -2.23. The fourth-order valence-corrected chi connectivity index (χ4v) is 3.08. The van der Waals surface area contributed by atoms with Crippen molar-refractivity contribution in [1.82, 2.24) is 5.32 Å². The lowest BCUT2D eigenvalue weighted by Crippen LogP contribution is -2.24. The summed E-state index contributed by atoms with van der Waals surface area (Å²) in [6.45, 7) is 9.99. The van der Waals surface area contributed by atoms with Crippen LogP contribution in [-0.2, 0) is 0 Å². The highest BCUT2D eigenvalue weighted by molar-refractivity contribution is 7.99. The van der Waals surface area contributed by atoms with E-state index in [1.54, 1.807) is 7.11 Å². The van der Waals surface area contributed by atoms with E-state index in [4.69, 9.17) is 4.74 Å². The van der Waals surface area contributed by atoms with Gasteiger partial charge in [0.1, 0.15) is 5.75 Å². The monoisotopic (exact) mass is 281 g/mol. The van der Waals surface area contributed by atoms with Gasteiger partial charge in [0.15, 0.2) is 0 Å². The van der Waals surface area contributed by atoms with E-state index in [1.807, 2.05) is 23.9 Å². The van der Waals surface area contributed by atoms with Gasteiger partial charge in [-0.25, -0.2) is 0 Å². The fourth-order valence-electron chi connectivity index (χ4n) is 1.90. The summed E-state index contributed by atoms with van der Waals surface area (Å²) in [6, 6.07) is 8.66. The summed E-state index contributed by atoms with van der Waals surface area (Å²) in [4.78, 5) is 0. The minimum Gasteiger partial charge on any atom is -0.496 e. The minimum absolute atomic E-state index is 0.354. The molecule has 1 aromatic rings. The molecule has 0 spiro atoms. The summed E-state index contributed by atoms with van der Waals surface area (Å²) in [5.74, 6) is 2.77. The fraction of sp³-hybridized carbons (Fsp3) is 0.625. The maximum absolute atomic E-state index is 5.48. The Morgan fingerprint density at radius 3 is 2.47 bits per heavy atom. The highest BCUT2D eigenvalue weighted by atomic mass is 32.2. The maximum Gasteiger partial charge on any atom is 0.123 e. The van der Waals surface area contributed by atoms with Crippen molar-refractivity contribution in [2.24, 2.45) is 5.92 Å². The van der Waals surface area contributed by atoms with Crippen LogP contribution in [0.15, 0.2) is 24.3 Å². The normalized spacial score (nSPS) is 14.4. The molecule has 0 aliphatic heterocycles. The molecule has 2 nitrogen and oxygen atoms in total. The molecule has 0 radical (unpaired) electrons. The van der Waals surface area contributed by atoms with Crippen LogP contribution in [-0.4, -0.2) is 24.7 Å². The van der Waals surface area contributed by atoms with Crippen LogP contribution < -0.4 is 10.1 Å². The number of methoxy groups -OCH3 is 1. The van der Waals surface area contributed by atoms with E-state index in [0.29, 0.717) is 17.2 Å². The molecule has 0 fully saturated rings. The molecule has 19 heavy (non-hydrogen) atoms. The molecule has 2 atom stereocenters. The first-order valence-electron chi connectivity index (χ1n) is 7.08. The molecule has 0 bridgehead atoms. The highest BCUT2D eigenvalue weighted by Gasteiger charge is 2.17. The van der Waals surface area contributed by atoms with Crippen molar-refractivity contribution >= 4 is 11.8 Å². The van der Waals surface area contributed by atoms with E-state index >= 15 is 0 Å². The summed E-state index contributed by atoms with van der Waals surface area (Å²) in [6.07, 6.45) is 0. The zero-order valence-corrected chi connectivity index (χ0v) is 13.6. The number of para-hydroxylation sites is 1. The number of ether oxygens (including phenoxy) is 1. The van der Waals surface area contributed by atoms with Gasteiger partial charge in [0.25, 0.3) is 0 Å². The summed E-state index contributed by atoms with van der Waals surface area (Å²) in [7, 11) is 1.74. The van der Waals surface area contributed by atoms with Crippen molar-refractivity contribution in [1.29, 1.82) is 0 Å². The minimum atomic E-state index is 0.354. The van der Waals surface area contributed by atoms with Crippen molar-refractivity contribution < 1.29 is 4.74 Å². The lowest BCUT2D eigenvalue weighted by atomic mass is 10.1. The molecule has 1 N–H and O–H groups in total. The molecule has 0 amide bonds. The van der Waals surface area contributed by atoms with Crippen LogP contribution in [0.5, 0.6) is 5.75 Å². The molecule has 2 unspecified atom stereocenters. The summed E-state index contributed by atoms with van der Waals surface area (Å²) in [5, 5.41) is 4.24. The first kappa shape index (κ1) is 16.4. The van der Waals surface area contributed by atoms with Gasteiger partial charge in [0.2, 0.25) is 0 Å². The van der Waals surface area contributed by atoms with Crippen molar-refractivity contribution in [2.75, 3.05) is 19.4 Å². The van der Waals surface area contributed by atoms with Crippen molar-refractivity contribution in [2.45, 2.75) is 39.0 Å². The Bertz CT molecular complexity index is 368. The predicted octanol–water partition coefficient (Wildman–Crippen LogP) is 4.12. The van der Waals surface area contributed by atoms with Crippen LogP contribution >= 0.6 is 11.8 Å². The second-order valence-electron chi connectivity index (χ2n) is 5.13. The molecule has 0 aliphatic carbocycles. The third kappa shape index (κ3) is 5.07. The second kappa shape index (κ2) is 8.49. The van der Waals surface area contributed by atoms with Crippen LogP contribution in [0.25, 0.3) is 0 Å². The van der Waals surface area contributed by atoms with Crippen LogP contribution in [0.2, 0.25) is 0 Å². The summed E-state index contributed by atoms with van der Waals surface area (Å²) in [5.41, 5.74) is 1.26. The molecule has 1 rings (SSSR count). The molecule has 0 aromatic heterocycles.